The molecule has 0 fully saturated rings. The van der Waals surface area contributed by atoms with Crippen LogP contribution in [0.15, 0.2) is 34.8 Å². The summed E-state index contributed by atoms with van der Waals surface area (Å²) >= 11 is 3.30. The molecular weight excluding hydrogens is 328 g/mol. The highest BCUT2D eigenvalue weighted by Gasteiger charge is 2.32. The lowest BCUT2D eigenvalue weighted by atomic mass is 9.82. The molecule has 0 heterocycles. The van der Waals surface area contributed by atoms with Crippen LogP contribution in [0.2, 0.25) is 0 Å². The van der Waals surface area contributed by atoms with Crippen molar-refractivity contribution in [1.29, 1.82) is 0 Å². The van der Waals surface area contributed by atoms with E-state index in [0.717, 1.165) is 0 Å². The van der Waals surface area contributed by atoms with Crippen molar-refractivity contribution in [3.63, 3.8) is 0 Å². The highest BCUT2D eigenvalue weighted by molar-refractivity contribution is 9.10. The summed E-state index contributed by atoms with van der Waals surface area (Å²) in [6, 6.07) is 4.95. The zero-order valence-corrected chi connectivity index (χ0v) is 12.7. The van der Waals surface area contributed by atoms with Gasteiger partial charge in [0.2, 0.25) is 0 Å². The Bertz CT molecular complexity index is 552. The van der Waals surface area contributed by atoms with Gasteiger partial charge >= 0.3 is 11.9 Å². The Labute approximate surface area is 125 Å². The largest absolute Gasteiger partial charge is 0.496 e. The van der Waals surface area contributed by atoms with Crippen LogP contribution in [0.4, 0.5) is 0 Å². The van der Waals surface area contributed by atoms with Crippen LogP contribution in [0.3, 0.4) is 0 Å². The van der Waals surface area contributed by atoms with Crippen molar-refractivity contribution in [2.75, 3.05) is 7.11 Å². The van der Waals surface area contributed by atoms with Crippen molar-refractivity contribution >= 4 is 27.9 Å². The van der Waals surface area contributed by atoms with Crippen LogP contribution in [0, 0.1) is 0 Å². The Balaban J connectivity index is 3.19. The first-order valence-corrected chi connectivity index (χ1v) is 6.57. The van der Waals surface area contributed by atoms with Gasteiger partial charge in [-0.15, -0.1) is 0 Å². The maximum absolute atomic E-state index is 11.5. The van der Waals surface area contributed by atoms with Crippen molar-refractivity contribution < 1.29 is 24.5 Å². The predicted molar refractivity (Wildman–Crippen MR) is 77.1 cm³/mol. The standard InChI is InChI=1S/C14H15BrO5/c1-14(13(18)19,7-3-4-12(16)17)9-5-6-11(20-2)10(15)8-9/h3,5-8H,4H2,1-2H3,(H,16,17)(H,18,19)/b7-3+. The maximum Gasteiger partial charge on any atom is 0.317 e. The molecule has 5 nitrogen and oxygen atoms in total. The molecule has 0 aromatic heterocycles. The molecule has 0 saturated heterocycles. The fourth-order valence-corrected chi connectivity index (χ4v) is 2.22. The number of halogens is 1. The topological polar surface area (TPSA) is 83.8 Å². The normalized spacial score (nSPS) is 13.9. The number of ether oxygens (including phenoxy) is 1. The van der Waals surface area contributed by atoms with Crippen LogP contribution >= 0.6 is 15.9 Å². The molecule has 2 N–H and O–H groups in total. The molecule has 1 unspecified atom stereocenters. The van der Waals surface area contributed by atoms with Gasteiger partial charge in [-0.2, -0.15) is 0 Å². The number of aliphatic carboxylic acids is 2. The van der Waals surface area contributed by atoms with Crippen molar-refractivity contribution in [2.45, 2.75) is 18.8 Å². The summed E-state index contributed by atoms with van der Waals surface area (Å²) in [7, 11) is 1.52. The molecule has 0 aliphatic rings. The van der Waals surface area contributed by atoms with E-state index in [4.69, 9.17) is 9.84 Å². The molecule has 1 atom stereocenters. The molecule has 0 saturated carbocycles. The van der Waals surface area contributed by atoms with Gasteiger partial charge in [0.15, 0.2) is 0 Å². The van der Waals surface area contributed by atoms with Crippen molar-refractivity contribution in [3.05, 3.63) is 40.4 Å². The molecule has 0 amide bonds. The number of hydrogen-bond acceptors (Lipinski definition) is 3. The average Bonchev–Trinajstić information content (AvgIpc) is 2.37. The van der Waals surface area contributed by atoms with E-state index < -0.39 is 17.4 Å². The highest BCUT2D eigenvalue weighted by atomic mass is 79.9. The molecule has 6 heteroatoms. The van der Waals surface area contributed by atoms with Crippen LogP contribution in [-0.2, 0) is 15.0 Å². The van der Waals surface area contributed by atoms with Gasteiger partial charge in [0.25, 0.3) is 0 Å². The molecule has 0 spiro atoms. The van der Waals surface area contributed by atoms with Gasteiger partial charge in [-0.05, 0) is 40.5 Å². The SMILES string of the molecule is COc1ccc(C(C)(/C=C/CC(=O)O)C(=O)O)cc1Br. The molecule has 0 radical (unpaired) electrons. The van der Waals surface area contributed by atoms with Gasteiger partial charge < -0.3 is 14.9 Å². The summed E-state index contributed by atoms with van der Waals surface area (Å²) in [5.74, 6) is -1.47. The highest BCUT2D eigenvalue weighted by Crippen LogP contribution is 2.33. The number of benzene rings is 1. The fraction of sp³-hybridized carbons (Fsp3) is 0.286. The van der Waals surface area contributed by atoms with Crippen LogP contribution < -0.4 is 4.74 Å². The van der Waals surface area contributed by atoms with Gasteiger partial charge in [-0.3, -0.25) is 9.59 Å². The third-order valence-electron chi connectivity index (χ3n) is 2.94. The number of carboxylic acid groups (broad SMARTS) is 2. The third-order valence-corrected chi connectivity index (χ3v) is 3.56. The molecular formula is C14H15BrO5. The third kappa shape index (κ3) is 3.60. The van der Waals surface area contributed by atoms with E-state index in [1.165, 1.54) is 26.2 Å². The monoisotopic (exact) mass is 342 g/mol. The second-order valence-corrected chi connectivity index (χ2v) is 5.21. The quantitative estimate of drug-likeness (QED) is 0.776. The minimum absolute atomic E-state index is 0.222. The Morgan fingerprint density at radius 3 is 2.50 bits per heavy atom. The van der Waals surface area contributed by atoms with Gasteiger partial charge in [-0.1, -0.05) is 18.2 Å². The smallest absolute Gasteiger partial charge is 0.317 e. The Morgan fingerprint density at radius 1 is 1.40 bits per heavy atom. The van der Waals surface area contributed by atoms with Crippen molar-refractivity contribution in [3.8, 4) is 5.75 Å². The van der Waals surface area contributed by atoms with Crippen molar-refractivity contribution in [2.24, 2.45) is 0 Å². The summed E-state index contributed by atoms with van der Waals surface area (Å²) in [6.45, 7) is 1.52. The van der Waals surface area contributed by atoms with E-state index in [1.807, 2.05) is 0 Å². The molecule has 20 heavy (non-hydrogen) atoms. The summed E-state index contributed by atoms with van der Waals surface area (Å²) in [5.41, 5.74) is -0.774. The first kappa shape index (κ1) is 16.2. The molecule has 108 valence electrons. The van der Waals surface area contributed by atoms with Crippen molar-refractivity contribution in [1.82, 2.24) is 0 Å². The lowest BCUT2D eigenvalue weighted by Gasteiger charge is -2.22. The minimum Gasteiger partial charge on any atom is -0.496 e. The zero-order valence-electron chi connectivity index (χ0n) is 11.1. The number of methoxy groups -OCH3 is 1. The van der Waals surface area contributed by atoms with Crippen LogP contribution in [0.25, 0.3) is 0 Å². The summed E-state index contributed by atoms with van der Waals surface area (Å²) < 4.78 is 5.73. The van der Waals surface area contributed by atoms with E-state index in [0.29, 0.717) is 15.8 Å². The number of rotatable bonds is 6. The van der Waals surface area contributed by atoms with E-state index >= 15 is 0 Å². The van der Waals surface area contributed by atoms with E-state index in [-0.39, 0.29) is 6.42 Å². The molecule has 0 aliphatic carbocycles. The second kappa shape index (κ2) is 6.56. The number of hydrogen-bond donors (Lipinski definition) is 2. The maximum atomic E-state index is 11.5. The lowest BCUT2D eigenvalue weighted by Crippen LogP contribution is -2.30. The Kier molecular flexibility index (Phi) is 5.33. The summed E-state index contributed by atoms with van der Waals surface area (Å²) in [6.07, 6.45) is 2.51. The summed E-state index contributed by atoms with van der Waals surface area (Å²) in [4.78, 5) is 22.0. The van der Waals surface area contributed by atoms with E-state index in [9.17, 15) is 14.7 Å². The van der Waals surface area contributed by atoms with Crippen LogP contribution in [-0.4, -0.2) is 29.3 Å². The van der Waals surface area contributed by atoms with E-state index in [1.54, 1.807) is 18.2 Å². The minimum atomic E-state index is -1.30. The fourth-order valence-electron chi connectivity index (χ4n) is 1.68. The van der Waals surface area contributed by atoms with Crippen LogP contribution in [0.5, 0.6) is 5.75 Å². The Hall–Kier alpha value is -1.82. The zero-order chi connectivity index (χ0) is 15.3. The molecule has 1 rings (SSSR count). The molecule has 0 bridgehead atoms. The van der Waals surface area contributed by atoms with Gasteiger partial charge in [0, 0.05) is 0 Å². The second-order valence-electron chi connectivity index (χ2n) is 4.36. The lowest BCUT2D eigenvalue weighted by molar-refractivity contribution is -0.141. The number of carboxylic acids is 2. The first-order valence-electron chi connectivity index (χ1n) is 5.78. The van der Waals surface area contributed by atoms with Crippen LogP contribution in [0.1, 0.15) is 18.9 Å². The molecule has 0 aliphatic heterocycles. The predicted octanol–water partition coefficient (Wildman–Crippen LogP) is 2.83. The van der Waals surface area contributed by atoms with Gasteiger partial charge in [0.1, 0.15) is 11.2 Å². The Morgan fingerprint density at radius 2 is 2.05 bits per heavy atom. The first-order chi connectivity index (χ1) is 9.31. The number of carbonyl (C=O) groups is 2. The molecule has 1 aromatic carbocycles. The average molecular weight is 343 g/mol. The van der Waals surface area contributed by atoms with Gasteiger partial charge in [-0.25, -0.2) is 0 Å². The van der Waals surface area contributed by atoms with E-state index in [2.05, 4.69) is 15.9 Å². The summed E-state index contributed by atoms with van der Waals surface area (Å²) in [5, 5.41) is 18.0. The van der Waals surface area contributed by atoms with Gasteiger partial charge in [0.05, 0.1) is 18.0 Å². The molecule has 1 aromatic rings.